The predicted molar refractivity (Wildman–Crippen MR) is 155 cm³/mol. The molecule has 0 aromatic heterocycles. The van der Waals surface area contributed by atoms with Gasteiger partial charge in [-0.2, -0.15) is 0 Å². The summed E-state index contributed by atoms with van der Waals surface area (Å²) >= 11 is 0. The molecule has 2 N–H and O–H groups in total. The number of oxime groups is 1. The van der Waals surface area contributed by atoms with Crippen LogP contribution in [0.15, 0.2) is 65.8 Å². The van der Waals surface area contributed by atoms with Gasteiger partial charge in [0.05, 0.1) is 32.4 Å². The summed E-state index contributed by atoms with van der Waals surface area (Å²) in [6.07, 6.45) is -1.21. The Balaban J connectivity index is 1.80. The third kappa shape index (κ3) is 9.17. The first-order valence-corrected chi connectivity index (χ1v) is 13.7. The molecule has 3 rings (SSSR count). The highest BCUT2D eigenvalue weighted by molar-refractivity contribution is 6.01. The fourth-order valence-electron chi connectivity index (χ4n) is 4.23. The molecule has 13 heteroatoms. The molecule has 3 amide bonds. The van der Waals surface area contributed by atoms with Gasteiger partial charge < -0.3 is 29.7 Å². The molecule has 2 aromatic carbocycles. The Morgan fingerprint density at radius 3 is 2.26 bits per heavy atom. The molecular weight excluding hydrogens is 560 g/mol. The highest BCUT2D eigenvalue weighted by Gasteiger charge is 2.51. The van der Waals surface area contributed by atoms with Crippen LogP contribution in [0, 0.1) is 5.92 Å². The number of carbonyl (C=O) groups is 4. The second-order valence-electron chi connectivity index (χ2n) is 10.2. The summed E-state index contributed by atoms with van der Waals surface area (Å²) in [6, 6.07) is 16.0. The summed E-state index contributed by atoms with van der Waals surface area (Å²) in [5.41, 5.74) is -0.554. The van der Waals surface area contributed by atoms with Gasteiger partial charge in [-0.15, -0.1) is 0 Å². The molecule has 0 spiro atoms. The number of esters is 1. The first-order valence-electron chi connectivity index (χ1n) is 13.7. The number of rotatable bonds is 14. The number of amides is 3. The van der Waals surface area contributed by atoms with Crippen LogP contribution >= 0.6 is 0 Å². The standard InChI is InChI=1S/C30H38N4O9/c1-20(2)26(32-29(38)41-18-21-12-8-6-9-13-21)24-17-30(43-33-24,19-42-22-14-10-7-11-15-22)28(37)31-23(16-25(35)39-4)27(36)34(3)40-5/h6-15,20,23,26H,16-19H2,1-5H3,(H,31,37)(H,32,38)/t23-,26-,30?/m0/s1. The van der Waals surface area contributed by atoms with Crippen molar-refractivity contribution in [3.05, 3.63) is 66.2 Å². The van der Waals surface area contributed by atoms with Gasteiger partial charge in [-0.1, -0.05) is 67.5 Å². The SMILES string of the molecule is COC(=O)C[C@H](NC(=O)C1(COc2ccccc2)CC([C@@H](NC(=O)OCc2ccccc2)C(C)C)=NO1)C(=O)N(C)OC. The molecule has 0 saturated carbocycles. The third-order valence-electron chi connectivity index (χ3n) is 6.73. The summed E-state index contributed by atoms with van der Waals surface area (Å²) in [4.78, 5) is 62.3. The third-order valence-corrected chi connectivity index (χ3v) is 6.73. The van der Waals surface area contributed by atoms with Crippen LogP contribution in [0.5, 0.6) is 5.75 Å². The van der Waals surface area contributed by atoms with Crippen molar-refractivity contribution in [2.24, 2.45) is 11.1 Å². The van der Waals surface area contributed by atoms with Crippen molar-refractivity contribution < 1.29 is 43.1 Å². The summed E-state index contributed by atoms with van der Waals surface area (Å²) < 4.78 is 16.0. The van der Waals surface area contributed by atoms with Crippen LogP contribution < -0.4 is 15.4 Å². The molecule has 0 saturated heterocycles. The molecule has 232 valence electrons. The Morgan fingerprint density at radius 1 is 1.00 bits per heavy atom. The van der Waals surface area contributed by atoms with Gasteiger partial charge in [0.1, 0.15) is 25.0 Å². The fraction of sp³-hybridized carbons (Fsp3) is 0.433. The van der Waals surface area contributed by atoms with Gasteiger partial charge in [0, 0.05) is 13.5 Å². The average Bonchev–Trinajstić information content (AvgIpc) is 3.46. The van der Waals surface area contributed by atoms with Crippen LogP contribution in [0.4, 0.5) is 4.79 Å². The number of hydroxylamine groups is 2. The summed E-state index contributed by atoms with van der Waals surface area (Å²) in [7, 11) is 3.79. The number of benzene rings is 2. The maximum Gasteiger partial charge on any atom is 0.408 e. The van der Waals surface area contributed by atoms with E-state index in [2.05, 4.69) is 15.8 Å². The highest BCUT2D eigenvalue weighted by atomic mass is 16.7. The van der Waals surface area contributed by atoms with Gasteiger partial charge in [0.15, 0.2) is 0 Å². The molecule has 1 aliphatic heterocycles. The second kappa shape index (κ2) is 15.5. The average molecular weight is 599 g/mol. The van der Waals surface area contributed by atoms with E-state index < -0.39 is 48.0 Å². The normalized spacial score (nSPS) is 17.1. The lowest BCUT2D eigenvalue weighted by Gasteiger charge is -2.29. The molecule has 0 aliphatic carbocycles. The number of hydrogen-bond acceptors (Lipinski definition) is 10. The Kier molecular flexibility index (Phi) is 11.9. The number of likely N-dealkylation sites (N-methyl/N-ethyl adjacent to an activating group) is 1. The zero-order valence-electron chi connectivity index (χ0n) is 24.9. The van der Waals surface area contributed by atoms with Crippen LogP contribution in [0.1, 0.15) is 32.3 Å². The van der Waals surface area contributed by atoms with E-state index in [1.165, 1.54) is 21.3 Å². The second-order valence-corrected chi connectivity index (χ2v) is 10.2. The maximum atomic E-state index is 13.8. The highest BCUT2D eigenvalue weighted by Crippen LogP contribution is 2.29. The molecule has 1 unspecified atom stereocenters. The van der Waals surface area contributed by atoms with Crippen LogP contribution in [-0.2, 0) is 40.1 Å². The Morgan fingerprint density at radius 2 is 1.65 bits per heavy atom. The number of methoxy groups -OCH3 is 1. The largest absolute Gasteiger partial charge is 0.489 e. The van der Waals surface area contributed by atoms with Crippen LogP contribution in [0.3, 0.4) is 0 Å². The Bertz CT molecular complexity index is 1270. The first kappa shape index (κ1) is 32.9. The topological polar surface area (TPSA) is 154 Å². The molecule has 1 aliphatic rings. The molecule has 13 nitrogen and oxygen atoms in total. The van der Waals surface area contributed by atoms with Crippen LogP contribution in [0.2, 0.25) is 0 Å². The van der Waals surface area contributed by atoms with Crippen molar-refractivity contribution in [3.63, 3.8) is 0 Å². The molecule has 1 heterocycles. The quantitative estimate of drug-likeness (QED) is 0.247. The maximum absolute atomic E-state index is 13.8. The first-order chi connectivity index (χ1) is 20.6. The minimum atomic E-state index is -1.74. The van der Waals surface area contributed by atoms with Crippen molar-refractivity contribution in [1.29, 1.82) is 0 Å². The van der Waals surface area contributed by atoms with E-state index in [-0.39, 0.29) is 25.6 Å². The fourth-order valence-corrected chi connectivity index (χ4v) is 4.23. The molecule has 2 aromatic rings. The van der Waals surface area contributed by atoms with Gasteiger partial charge in [0.25, 0.3) is 17.4 Å². The van der Waals surface area contributed by atoms with Gasteiger partial charge in [0.2, 0.25) is 0 Å². The molecule has 3 atom stereocenters. The number of para-hydroxylation sites is 1. The predicted octanol–water partition coefficient (Wildman–Crippen LogP) is 2.60. The number of carbonyl (C=O) groups excluding carboxylic acids is 4. The van der Waals surface area contributed by atoms with Crippen molar-refractivity contribution >= 4 is 29.6 Å². The van der Waals surface area contributed by atoms with Crippen molar-refractivity contribution in [2.45, 2.75) is 51.0 Å². The van der Waals surface area contributed by atoms with Gasteiger partial charge >= 0.3 is 12.1 Å². The summed E-state index contributed by atoms with van der Waals surface area (Å²) in [6.45, 7) is 3.52. The molecule has 0 radical (unpaired) electrons. The van der Waals surface area contributed by atoms with Gasteiger partial charge in [-0.25, -0.2) is 9.86 Å². The van der Waals surface area contributed by atoms with E-state index in [4.69, 9.17) is 23.9 Å². The minimum Gasteiger partial charge on any atom is -0.489 e. The summed E-state index contributed by atoms with van der Waals surface area (Å²) in [5.74, 6) is -1.87. The van der Waals surface area contributed by atoms with Crippen LogP contribution in [-0.4, -0.2) is 80.2 Å². The number of hydrogen-bond donors (Lipinski definition) is 2. The number of alkyl carbamates (subject to hydrolysis) is 1. The lowest BCUT2D eigenvalue weighted by atomic mass is 9.89. The monoisotopic (exact) mass is 598 g/mol. The van der Waals surface area contributed by atoms with Crippen molar-refractivity contribution in [3.8, 4) is 5.75 Å². The van der Waals surface area contributed by atoms with E-state index in [1.54, 1.807) is 24.3 Å². The minimum absolute atomic E-state index is 0.0727. The van der Waals surface area contributed by atoms with Crippen LogP contribution in [0.25, 0.3) is 0 Å². The van der Waals surface area contributed by atoms with E-state index >= 15 is 0 Å². The lowest BCUT2D eigenvalue weighted by molar-refractivity contribution is -0.174. The van der Waals surface area contributed by atoms with E-state index in [0.717, 1.165) is 10.6 Å². The van der Waals surface area contributed by atoms with E-state index in [9.17, 15) is 19.2 Å². The Hall–Kier alpha value is -4.65. The van der Waals surface area contributed by atoms with E-state index in [0.29, 0.717) is 11.5 Å². The van der Waals surface area contributed by atoms with Crippen molar-refractivity contribution in [2.75, 3.05) is 27.9 Å². The lowest BCUT2D eigenvalue weighted by Crippen LogP contribution is -2.58. The molecule has 43 heavy (non-hydrogen) atoms. The molecule has 0 fully saturated rings. The number of nitrogens with one attached hydrogen (secondary N) is 2. The zero-order chi connectivity index (χ0) is 31.4. The summed E-state index contributed by atoms with van der Waals surface area (Å²) in [5, 5.41) is 10.5. The Labute approximate surface area is 250 Å². The molecule has 0 bridgehead atoms. The van der Waals surface area contributed by atoms with Crippen molar-refractivity contribution in [1.82, 2.24) is 15.7 Å². The van der Waals surface area contributed by atoms with E-state index in [1.807, 2.05) is 50.2 Å². The van der Waals surface area contributed by atoms with Gasteiger partial charge in [-0.05, 0) is 23.6 Å². The smallest absolute Gasteiger partial charge is 0.408 e. The van der Waals surface area contributed by atoms with Gasteiger partial charge in [-0.3, -0.25) is 19.2 Å². The molecular formula is C30H38N4O9. The zero-order valence-corrected chi connectivity index (χ0v) is 24.9. The number of nitrogens with zero attached hydrogens (tertiary/aromatic N) is 2. The number of ether oxygens (including phenoxy) is 3.